The molecule has 0 radical (unpaired) electrons. The van der Waals surface area contributed by atoms with E-state index < -0.39 is 11.9 Å². The maximum Gasteiger partial charge on any atom is 0.339 e. The fourth-order valence-electron chi connectivity index (χ4n) is 2.26. The summed E-state index contributed by atoms with van der Waals surface area (Å²) in [6.07, 6.45) is 0. The molecule has 110 valence electrons. The quantitative estimate of drug-likeness (QED) is 0.864. The molecule has 0 aliphatic rings. The third kappa shape index (κ3) is 2.76. The number of aromatic carboxylic acids is 2. The van der Waals surface area contributed by atoms with Gasteiger partial charge >= 0.3 is 11.9 Å². The van der Waals surface area contributed by atoms with Crippen LogP contribution in [-0.2, 0) is 0 Å². The Kier molecular flexibility index (Phi) is 4.76. The summed E-state index contributed by atoms with van der Waals surface area (Å²) in [7, 11) is 1.29. The number of carbonyl (C=O) groups is 2. The van der Waals surface area contributed by atoms with Gasteiger partial charge in [0.05, 0.1) is 7.11 Å². The Morgan fingerprint density at radius 1 is 0.950 bits per heavy atom. The molecule has 0 unspecified atom stereocenters. The van der Waals surface area contributed by atoms with E-state index in [1.165, 1.54) is 7.11 Å². The minimum atomic E-state index is -1.18. The van der Waals surface area contributed by atoms with Crippen LogP contribution >= 0.6 is 0 Å². The van der Waals surface area contributed by atoms with Gasteiger partial charge in [-0.3, -0.25) is 0 Å². The van der Waals surface area contributed by atoms with E-state index in [9.17, 15) is 19.8 Å². The van der Waals surface area contributed by atoms with E-state index in [4.69, 9.17) is 4.74 Å². The Morgan fingerprint density at radius 3 is 1.50 bits per heavy atom. The fourth-order valence-corrected chi connectivity index (χ4v) is 2.26. The highest BCUT2D eigenvalue weighted by atomic mass is 16.5. The van der Waals surface area contributed by atoms with E-state index in [-0.39, 0.29) is 28.7 Å². The Hall–Kier alpha value is -2.04. The second-order valence-corrected chi connectivity index (χ2v) is 5.26. The van der Waals surface area contributed by atoms with Gasteiger partial charge in [-0.05, 0) is 23.0 Å². The average Bonchev–Trinajstić information content (AvgIpc) is 2.34. The molecule has 0 fully saturated rings. The van der Waals surface area contributed by atoms with Crippen LogP contribution in [-0.4, -0.2) is 29.3 Å². The van der Waals surface area contributed by atoms with E-state index in [1.807, 2.05) is 27.7 Å². The van der Waals surface area contributed by atoms with Crippen LogP contribution in [0.25, 0.3) is 0 Å². The Morgan fingerprint density at radius 2 is 1.30 bits per heavy atom. The summed E-state index contributed by atoms with van der Waals surface area (Å²) in [5.74, 6) is -2.52. The van der Waals surface area contributed by atoms with Gasteiger partial charge in [0.25, 0.3) is 0 Å². The number of methoxy groups -OCH3 is 1. The SMILES string of the molecule is COc1c(C(=O)O)c(C(C)C)cc(C(C)C)c1C(=O)O. The van der Waals surface area contributed by atoms with E-state index in [0.29, 0.717) is 11.1 Å². The molecule has 0 bridgehead atoms. The Labute approximate surface area is 118 Å². The maximum absolute atomic E-state index is 11.5. The number of carboxylic acid groups (broad SMARTS) is 2. The van der Waals surface area contributed by atoms with Gasteiger partial charge < -0.3 is 14.9 Å². The molecule has 0 aromatic heterocycles. The second-order valence-electron chi connectivity index (χ2n) is 5.26. The lowest BCUT2D eigenvalue weighted by Gasteiger charge is -2.20. The van der Waals surface area contributed by atoms with Crippen molar-refractivity contribution in [2.24, 2.45) is 0 Å². The minimum Gasteiger partial charge on any atom is -0.495 e. The Bertz CT molecular complexity index is 499. The van der Waals surface area contributed by atoms with Crippen molar-refractivity contribution in [3.8, 4) is 5.75 Å². The van der Waals surface area contributed by atoms with Gasteiger partial charge in [0.1, 0.15) is 16.9 Å². The third-order valence-corrected chi connectivity index (χ3v) is 3.22. The zero-order valence-corrected chi connectivity index (χ0v) is 12.4. The first kappa shape index (κ1) is 16.0. The lowest BCUT2D eigenvalue weighted by Crippen LogP contribution is -2.15. The van der Waals surface area contributed by atoms with Crippen molar-refractivity contribution >= 4 is 11.9 Å². The van der Waals surface area contributed by atoms with Crippen LogP contribution in [0.15, 0.2) is 6.07 Å². The summed E-state index contributed by atoms with van der Waals surface area (Å²) in [6, 6.07) is 1.67. The molecule has 1 aromatic carbocycles. The van der Waals surface area contributed by atoms with Crippen molar-refractivity contribution in [2.75, 3.05) is 7.11 Å². The van der Waals surface area contributed by atoms with Crippen LogP contribution in [0, 0.1) is 0 Å². The van der Waals surface area contributed by atoms with Gasteiger partial charge in [-0.15, -0.1) is 0 Å². The molecular weight excluding hydrogens is 260 g/mol. The molecule has 0 amide bonds. The van der Waals surface area contributed by atoms with Crippen LogP contribution in [0.3, 0.4) is 0 Å². The molecule has 1 aromatic rings. The van der Waals surface area contributed by atoms with Gasteiger partial charge in [0.15, 0.2) is 0 Å². The van der Waals surface area contributed by atoms with E-state index in [1.54, 1.807) is 6.07 Å². The van der Waals surface area contributed by atoms with Crippen LogP contribution in [0.1, 0.15) is 71.4 Å². The highest BCUT2D eigenvalue weighted by Crippen LogP contribution is 2.37. The smallest absolute Gasteiger partial charge is 0.339 e. The molecular formula is C15H20O5. The second kappa shape index (κ2) is 5.94. The van der Waals surface area contributed by atoms with Gasteiger partial charge in [-0.2, -0.15) is 0 Å². The zero-order valence-electron chi connectivity index (χ0n) is 12.4. The molecule has 5 nitrogen and oxygen atoms in total. The summed E-state index contributed by atoms with van der Waals surface area (Å²) in [6.45, 7) is 7.47. The molecule has 0 heterocycles. The summed E-state index contributed by atoms with van der Waals surface area (Å²) in [4.78, 5) is 23.0. The molecule has 0 spiro atoms. The van der Waals surface area contributed by atoms with Crippen molar-refractivity contribution in [3.05, 3.63) is 28.3 Å². The number of benzene rings is 1. The molecule has 5 heteroatoms. The molecule has 1 rings (SSSR count). The molecule has 0 aliphatic heterocycles. The topological polar surface area (TPSA) is 83.8 Å². The first-order chi connectivity index (χ1) is 9.22. The van der Waals surface area contributed by atoms with Crippen molar-refractivity contribution < 1.29 is 24.5 Å². The van der Waals surface area contributed by atoms with Crippen molar-refractivity contribution in [2.45, 2.75) is 39.5 Å². The molecule has 0 aliphatic carbocycles. The summed E-state index contributed by atoms with van der Waals surface area (Å²) in [5, 5.41) is 18.8. The van der Waals surface area contributed by atoms with Gasteiger partial charge in [-0.25, -0.2) is 9.59 Å². The van der Waals surface area contributed by atoms with E-state index >= 15 is 0 Å². The summed E-state index contributed by atoms with van der Waals surface area (Å²) >= 11 is 0. The lowest BCUT2D eigenvalue weighted by atomic mass is 9.86. The molecule has 2 N–H and O–H groups in total. The number of hydrogen-bond acceptors (Lipinski definition) is 3. The molecule has 0 saturated heterocycles. The lowest BCUT2D eigenvalue weighted by molar-refractivity contribution is 0.0688. The van der Waals surface area contributed by atoms with Gasteiger partial charge in [-0.1, -0.05) is 33.8 Å². The van der Waals surface area contributed by atoms with Crippen LogP contribution in [0.2, 0.25) is 0 Å². The number of carboxylic acids is 2. The monoisotopic (exact) mass is 280 g/mol. The maximum atomic E-state index is 11.5. The molecule has 0 atom stereocenters. The fraction of sp³-hybridized carbons (Fsp3) is 0.467. The first-order valence-electron chi connectivity index (χ1n) is 6.43. The Balaban J connectivity index is 3.89. The largest absolute Gasteiger partial charge is 0.495 e. The predicted molar refractivity (Wildman–Crippen MR) is 75.1 cm³/mol. The predicted octanol–water partition coefficient (Wildman–Crippen LogP) is 3.34. The number of hydrogen-bond donors (Lipinski definition) is 2. The van der Waals surface area contributed by atoms with Gasteiger partial charge in [0.2, 0.25) is 0 Å². The first-order valence-corrected chi connectivity index (χ1v) is 6.43. The number of ether oxygens (including phenoxy) is 1. The normalized spacial score (nSPS) is 10.9. The van der Waals surface area contributed by atoms with Crippen LogP contribution in [0.5, 0.6) is 5.75 Å². The molecule has 0 saturated carbocycles. The van der Waals surface area contributed by atoms with Crippen molar-refractivity contribution in [3.63, 3.8) is 0 Å². The molecule has 20 heavy (non-hydrogen) atoms. The van der Waals surface area contributed by atoms with Crippen molar-refractivity contribution in [1.82, 2.24) is 0 Å². The van der Waals surface area contributed by atoms with Crippen LogP contribution in [0.4, 0.5) is 0 Å². The zero-order chi connectivity index (χ0) is 15.6. The summed E-state index contributed by atoms with van der Waals surface area (Å²) < 4.78 is 5.12. The van der Waals surface area contributed by atoms with E-state index in [2.05, 4.69) is 0 Å². The summed E-state index contributed by atoms with van der Waals surface area (Å²) in [5.41, 5.74) is 1.04. The van der Waals surface area contributed by atoms with Gasteiger partial charge in [0, 0.05) is 0 Å². The standard InChI is InChI=1S/C15H20O5/c1-7(2)9-6-10(8(3)4)12(15(18)19)13(20-5)11(9)14(16)17/h6-8H,1-5H3,(H,16,17)(H,18,19). The van der Waals surface area contributed by atoms with Crippen LogP contribution < -0.4 is 4.74 Å². The highest BCUT2D eigenvalue weighted by molar-refractivity contribution is 6.01. The van der Waals surface area contributed by atoms with E-state index in [0.717, 1.165) is 0 Å². The minimum absolute atomic E-state index is 0.0460. The van der Waals surface area contributed by atoms with Crippen molar-refractivity contribution in [1.29, 1.82) is 0 Å². The average molecular weight is 280 g/mol. The number of rotatable bonds is 5. The highest BCUT2D eigenvalue weighted by Gasteiger charge is 2.28. The third-order valence-electron chi connectivity index (χ3n) is 3.22.